The molecule has 0 aliphatic carbocycles. The number of methoxy groups -OCH3 is 1. The van der Waals surface area contributed by atoms with Crippen molar-refractivity contribution in [2.45, 2.75) is 0 Å². The Labute approximate surface area is 47.7 Å². The summed E-state index contributed by atoms with van der Waals surface area (Å²) >= 11 is 0. The number of aliphatic hydroxyl groups excluding tert-OH is 1. The molecule has 0 aliphatic rings. The van der Waals surface area contributed by atoms with Gasteiger partial charge in [-0.1, -0.05) is 0 Å². The van der Waals surface area contributed by atoms with E-state index in [1.165, 1.54) is 0 Å². The molecule has 0 unspecified atom stereocenters. The summed E-state index contributed by atoms with van der Waals surface area (Å²) in [6.07, 6.45) is 0. The molecule has 4 heteroatoms. The zero-order valence-corrected chi connectivity index (χ0v) is 4.92. The van der Waals surface area contributed by atoms with Gasteiger partial charge in [0.05, 0.1) is 0 Å². The third-order valence-corrected chi connectivity index (χ3v) is 0.135. The van der Waals surface area contributed by atoms with Gasteiger partial charge < -0.3 is 14.9 Å². The third-order valence-electron chi connectivity index (χ3n) is 0.135. The van der Waals surface area contributed by atoms with Gasteiger partial charge in [0.1, 0.15) is 6.61 Å². The third kappa shape index (κ3) is 53.8. The molecule has 0 spiro atoms. The Balaban J connectivity index is 0. The number of hydrogen-bond donors (Lipinski definition) is 2. The van der Waals surface area contributed by atoms with Crippen LogP contribution in [0.1, 0.15) is 0 Å². The van der Waals surface area contributed by atoms with Gasteiger partial charge >= 0.3 is 5.97 Å². The van der Waals surface area contributed by atoms with Crippen LogP contribution in [0.15, 0.2) is 0 Å². The Morgan fingerprint density at radius 3 is 1.75 bits per heavy atom. The van der Waals surface area contributed by atoms with E-state index in [2.05, 4.69) is 4.74 Å². The highest BCUT2D eigenvalue weighted by Crippen LogP contribution is 1.48. The molecule has 0 aromatic carbocycles. The lowest BCUT2D eigenvalue weighted by Crippen LogP contribution is -1.98. The minimum Gasteiger partial charge on any atom is -0.480 e. The first-order valence-corrected chi connectivity index (χ1v) is 1.91. The lowest BCUT2D eigenvalue weighted by Gasteiger charge is -1.72. The Morgan fingerprint density at radius 2 is 1.75 bits per heavy atom. The van der Waals surface area contributed by atoms with E-state index >= 15 is 0 Å². The fraction of sp³-hybridized carbons (Fsp3) is 0.750. The standard InChI is InChI=1S/C2H4O3.C2H6O/c3-1-2(4)5;1-3-2/h3H,1H2,(H,4,5);1-2H3. The second kappa shape index (κ2) is 9.63. The normalized spacial score (nSPS) is 6.88. The summed E-state index contributed by atoms with van der Waals surface area (Å²) in [5.41, 5.74) is 0. The van der Waals surface area contributed by atoms with E-state index < -0.39 is 12.6 Å². The van der Waals surface area contributed by atoms with Crippen LogP contribution in [0, 0.1) is 0 Å². The molecule has 0 atom stereocenters. The number of ether oxygens (including phenoxy) is 1. The van der Waals surface area contributed by atoms with Crippen LogP contribution in [0.5, 0.6) is 0 Å². The van der Waals surface area contributed by atoms with Crippen LogP contribution < -0.4 is 0 Å². The molecule has 50 valence electrons. The molecule has 0 fully saturated rings. The predicted molar refractivity (Wildman–Crippen MR) is 27.7 cm³/mol. The van der Waals surface area contributed by atoms with Gasteiger partial charge in [0.2, 0.25) is 0 Å². The second-order valence-electron chi connectivity index (χ2n) is 0.960. The SMILES string of the molecule is COC.O=C(O)CO. The largest absolute Gasteiger partial charge is 0.480 e. The van der Waals surface area contributed by atoms with Gasteiger partial charge in [-0.05, 0) is 0 Å². The molecule has 0 rings (SSSR count). The molecule has 0 amide bonds. The zero-order valence-electron chi connectivity index (χ0n) is 4.92. The monoisotopic (exact) mass is 122 g/mol. The molecule has 0 bridgehead atoms. The van der Waals surface area contributed by atoms with Crippen molar-refractivity contribution in [3.63, 3.8) is 0 Å². The molecule has 8 heavy (non-hydrogen) atoms. The maximum absolute atomic E-state index is 9.12. The zero-order chi connectivity index (χ0) is 6.99. The van der Waals surface area contributed by atoms with Gasteiger partial charge in [-0.25, -0.2) is 4.79 Å². The first-order chi connectivity index (χ1) is 3.68. The number of aliphatic hydroxyl groups is 1. The molecule has 0 aliphatic heterocycles. The average molecular weight is 122 g/mol. The molecule has 0 saturated carbocycles. The van der Waals surface area contributed by atoms with Crippen LogP contribution in [0.25, 0.3) is 0 Å². The number of carbonyl (C=O) groups is 1. The van der Waals surface area contributed by atoms with Crippen LogP contribution in [0.3, 0.4) is 0 Å². The molecule has 0 aromatic rings. The number of carboxylic acid groups (broad SMARTS) is 1. The van der Waals surface area contributed by atoms with Crippen molar-refractivity contribution in [1.29, 1.82) is 0 Å². The molecule has 0 aromatic heterocycles. The summed E-state index contributed by atoms with van der Waals surface area (Å²) < 4.78 is 4.25. The summed E-state index contributed by atoms with van der Waals surface area (Å²) in [6.45, 7) is -0.778. The number of hydrogen-bond acceptors (Lipinski definition) is 3. The van der Waals surface area contributed by atoms with Crippen molar-refractivity contribution >= 4 is 5.97 Å². The van der Waals surface area contributed by atoms with E-state index in [9.17, 15) is 0 Å². The van der Waals surface area contributed by atoms with E-state index in [-0.39, 0.29) is 0 Å². The van der Waals surface area contributed by atoms with Gasteiger partial charge in [-0.3, -0.25) is 0 Å². The van der Waals surface area contributed by atoms with Crippen molar-refractivity contribution in [2.75, 3.05) is 20.8 Å². The molecule has 0 heterocycles. The summed E-state index contributed by atoms with van der Waals surface area (Å²) in [5, 5.41) is 15.0. The quantitative estimate of drug-likeness (QED) is 0.484. The highest BCUT2D eigenvalue weighted by molar-refractivity contribution is 5.67. The van der Waals surface area contributed by atoms with E-state index in [0.29, 0.717) is 0 Å². The molecule has 0 saturated heterocycles. The smallest absolute Gasteiger partial charge is 0.329 e. The van der Waals surface area contributed by atoms with Gasteiger partial charge in [0, 0.05) is 14.2 Å². The molecule has 2 N–H and O–H groups in total. The summed E-state index contributed by atoms with van der Waals surface area (Å²) in [6, 6.07) is 0. The predicted octanol–water partition coefficient (Wildman–Crippen LogP) is -0.674. The summed E-state index contributed by atoms with van der Waals surface area (Å²) in [4.78, 5) is 9.12. The van der Waals surface area contributed by atoms with Crippen LogP contribution >= 0.6 is 0 Å². The lowest BCUT2D eigenvalue weighted by atomic mass is 10.8. The van der Waals surface area contributed by atoms with Crippen LogP contribution in [0.2, 0.25) is 0 Å². The van der Waals surface area contributed by atoms with Crippen molar-refractivity contribution < 1.29 is 19.7 Å². The lowest BCUT2D eigenvalue weighted by molar-refractivity contribution is -0.140. The van der Waals surface area contributed by atoms with Crippen LogP contribution in [0.4, 0.5) is 0 Å². The average Bonchev–Trinajstić information content (AvgIpc) is 1.69. The van der Waals surface area contributed by atoms with Crippen LogP contribution in [-0.4, -0.2) is 37.0 Å². The highest BCUT2D eigenvalue weighted by Gasteiger charge is 1.82. The first-order valence-electron chi connectivity index (χ1n) is 1.91. The molecular weight excluding hydrogens is 112 g/mol. The number of aliphatic carboxylic acids is 1. The molecular formula is C4H10O4. The molecule has 0 radical (unpaired) electrons. The van der Waals surface area contributed by atoms with Crippen LogP contribution in [-0.2, 0) is 9.53 Å². The van der Waals surface area contributed by atoms with Crippen molar-refractivity contribution in [2.24, 2.45) is 0 Å². The Kier molecular flexibility index (Phi) is 12.5. The Bertz CT molecular complexity index is 52.0. The maximum atomic E-state index is 9.12. The van der Waals surface area contributed by atoms with E-state index in [1.807, 2.05) is 0 Å². The van der Waals surface area contributed by atoms with Crippen molar-refractivity contribution in [3.8, 4) is 0 Å². The van der Waals surface area contributed by atoms with Gasteiger partial charge in [0.25, 0.3) is 0 Å². The topological polar surface area (TPSA) is 66.8 Å². The van der Waals surface area contributed by atoms with Crippen molar-refractivity contribution in [1.82, 2.24) is 0 Å². The minimum atomic E-state index is -1.19. The fourth-order valence-corrected chi connectivity index (χ4v) is 0. The first kappa shape index (κ1) is 10.4. The second-order valence-corrected chi connectivity index (χ2v) is 0.960. The van der Waals surface area contributed by atoms with Gasteiger partial charge in [0.15, 0.2) is 0 Å². The Morgan fingerprint density at radius 1 is 1.62 bits per heavy atom. The van der Waals surface area contributed by atoms with E-state index in [4.69, 9.17) is 15.0 Å². The fourth-order valence-electron chi connectivity index (χ4n) is 0. The highest BCUT2D eigenvalue weighted by atomic mass is 16.4. The van der Waals surface area contributed by atoms with Crippen molar-refractivity contribution in [3.05, 3.63) is 0 Å². The summed E-state index contributed by atoms with van der Waals surface area (Å²) in [7, 11) is 3.25. The number of rotatable bonds is 1. The van der Waals surface area contributed by atoms with Gasteiger partial charge in [-0.15, -0.1) is 0 Å². The van der Waals surface area contributed by atoms with Gasteiger partial charge in [-0.2, -0.15) is 0 Å². The maximum Gasteiger partial charge on any atom is 0.329 e. The minimum absolute atomic E-state index is 0.778. The number of carboxylic acids is 1. The summed E-state index contributed by atoms with van der Waals surface area (Å²) in [5.74, 6) is -1.19. The van der Waals surface area contributed by atoms with E-state index in [0.717, 1.165) is 0 Å². The molecule has 4 nitrogen and oxygen atoms in total. The Hall–Kier alpha value is -0.610. The van der Waals surface area contributed by atoms with E-state index in [1.54, 1.807) is 14.2 Å².